The first kappa shape index (κ1) is 10.6. The van der Waals surface area contributed by atoms with Crippen LogP contribution < -0.4 is 5.73 Å². The predicted octanol–water partition coefficient (Wildman–Crippen LogP) is 0.290. The maximum atomic E-state index is 10.5. The smallest absolute Gasteiger partial charge is 0.290 e. The summed E-state index contributed by atoms with van der Waals surface area (Å²) in [6.45, 7) is 1.30. The number of aromatic nitrogens is 1. The Hall–Kier alpha value is -1.53. The van der Waals surface area contributed by atoms with Gasteiger partial charge in [0.05, 0.1) is 23.3 Å². The summed E-state index contributed by atoms with van der Waals surface area (Å²) < 4.78 is 0. The second kappa shape index (κ2) is 4.12. The van der Waals surface area contributed by atoms with E-state index in [4.69, 9.17) is 10.8 Å². The van der Waals surface area contributed by atoms with Crippen LogP contribution in [-0.2, 0) is 0 Å². The Morgan fingerprint density at radius 2 is 2.36 bits per heavy atom. The molecule has 0 radical (unpaired) electrons. The molecule has 0 aromatic carbocycles. The van der Waals surface area contributed by atoms with E-state index in [1.807, 2.05) is 0 Å². The fourth-order valence-corrected chi connectivity index (χ4v) is 1.07. The van der Waals surface area contributed by atoms with E-state index in [2.05, 4.69) is 4.98 Å². The number of aliphatic hydroxyl groups excluding tert-OH is 1. The van der Waals surface area contributed by atoms with E-state index < -0.39 is 11.0 Å². The van der Waals surface area contributed by atoms with E-state index in [0.717, 1.165) is 0 Å². The van der Waals surface area contributed by atoms with Gasteiger partial charge in [-0.2, -0.15) is 0 Å². The molecule has 1 aromatic rings. The lowest BCUT2D eigenvalue weighted by molar-refractivity contribution is -0.385. The maximum Gasteiger partial charge on any atom is 0.290 e. The highest BCUT2D eigenvalue weighted by molar-refractivity contribution is 5.35. The van der Waals surface area contributed by atoms with Crippen molar-refractivity contribution in [2.24, 2.45) is 5.73 Å². The standard InChI is InChI=1S/C8H11N3O3/c1-5-8(11(13)14)3-2-7(10-5)6(9)4-12/h2-3,6,12H,4,9H2,1H3. The minimum atomic E-state index is -0.588. The van der Waals surface area contributed by atoms with Crippen molar-refractivity contribution in [1.82, 2.24) is 4.98 Å². The minimum Gasteiger partial charge on any atom is -0.394 e. The zero-order valence-corrected chi connectivity index (χ0v) is 7.67. The fraction of sp³-hybridized carbons (Fsp3) is 0.375. The second-order valence-electron chi connectivity index (χ2n) is 2.89. The van der Waals surface area contributed by atoms with Crippen molar-refractivity contribution in [3.63, 3.8) is 0 Å². The maximum absolute atomic E-state index is 10.5. The lowest BCUT2D eigenvalue weighted by atomic mass is 10.2. The summed E-state index contributed by atoms with van der Waals surface area (Å²) >= 11 is 0. The van der Waals surface area contributed by atoms with Gasteiger partial charge in [-0.15, -0.1) is 0 Å². The van der Waals surface area contributed by atoms with Gasteiger partial charge in [0, 0.05) is 6.07 Å². The molecule has 6 nitrogen and oxygen atoms in total. The lowest BCUT2D eigenvalue weighted by Gasteiger charge is -2.07. The molecule has 0 fully saturated rings. The van der Waals surface area contributed by atoms with Crippen molar-refractivity contribution >= 4 is 5.69 Å². The van der Waals surface area contributed by atoms with Crippen LogP contribution in [0.5, 0.6) is 0 Å². The SMILES string of the molecule is Cc1nc(C(N)CO)ccc1[N+](=O)[O-]. The van der Waals surface area contributed by atoms with Crippen LogP contribution in [0.2, 0.25) is 0 Å². The number of nitrogens with zero attached hydrogens (tertiary/aromatic N) is 2. The largest absolute Gasteiger partial charge is 0.394 e. The Kier molecular flexibility index (Phi) is 3.10. The number of hydrogen-bond acceptors (Lipinski definition) is 5. The Bertz CT molecular complexity index is 354. The van der Waals surface area contributed by atoms with Gasteiger partial charge in [-0.05, 0) is 13.0 Å². The molecule has 0 aliphatic heterocycles. The first-order valence-electron chi connectivity index (χ1n) is 4.04. The minimum absolute atomic E-state index is 0.0427. The summed E-state index contributed by atoms with van der Waals surface area (Å²) in [5, 5.41) is 19.2. The van der Waals surface area contributed by atoms with Crippen LogP contribution in [-0.4, -0.2) is 21.6 Å². The highest BCUT2D eigenvalue weighted by Gasteiger charge is 2.14. The van der Waals surface area contributed by atoms with Gasteiger partial charge in [0.25, 0.3) is 5.69 Å². The van der Waals surface area contributed by atoms with E-state index in [0.29, 0.717) is 11.4 Å². The highest BCUT2D eigenvalue weighted by Crippen LogP contribution is 2.17. The van der Waals surface area contributed by atoms with Crippen molar-refractivity contribution in [3.8, 4) is 0 Å². The number of rotatable bonds is 3. The number of pyridine rings is 1. The average molecular weight is 197 g/mol. The Morgan fingerprint density at radius 3 is 2.79 bits per heavy atom. The molecule has 14 heavy (non-hydrogen) atoms. The third-order valence-electron chi connectivity index (χ3n) is 1.85. The first-order chi connectivity index (χ1) is 6.56. The molecule has 0 spiro atoms. The van der Waals surface area contributed by atoms with Gasteiger partial charge in [-0.1, -0.05) is 0 Å². The van der Waals surface area contributed by atoms with Crippen LogP contribution >= 0.6 is 0 Å². The van der Waals surface area contributed by atoms with E-state index in [1.165, 1.54) is 19.1 Å². The summed E-state index contributed by atoms with van der Waals surface area (Å²) in [4.78, 5) is 13.9. The molecule has 1 atom stereocenters. The van der Waals surface area contributed by atoms with Gasteiger partial charge in [-0.25, -0.2) is 4.98 Å². The molecule has 1 rings (SSSR count). The number of aryl methyl sites for hydroxylation is 1. The van der Waals surface area contributed by atoms with E-state index in [9.17, 15) is 10.1 Å². The number of nitro groups is 1. The lowest BCUT2D eigenvalue weighted by Crippen LogP contribution is -2.16. The molecule has 1 heterocycles. The van der Waals surface area contributed by atoms with Crippen LogP contribution in [0.3, 0.4) is 0 Å². The van der Waals surface area contributed by atoms with Gasteiger partial charge in [0.15, 0.2) is 0 Å². The average Bonchev–Trinajstić information content (AvgIpc) is 2.15. The number of aliphatic hydroxyl groups is 1. The Labute approximate surface area is 80.5 Å². The van der Waals surface area contributed by atoms with Crippen molar-refractivity contribution < 1.29 is 10.0 Å². The van der Waals surface area contributed by atoms with Gasteiger partial charge >= 0.3 is 0 Å². The Balaban J connectivity index is 3.06. The Morgan fingerprint density at radius 1 is 1.71 bits per heavy atom. The van der Waals surface area contributed by atoms with Crippen LogP contribution in [0.1, 0.15) is 17.4 Å². The molecule has 0 aliphatic rings. The van der Waals surface area contributed by atoms with Crippen molar-refractivity contribution in [1.29, 1.82) is 0 Å². The van der Waals surface area contributed by atoms with Crippen molar-refractivity contribution in [3.05, 3.63) is 33.6 Å². The molecule has 76 valence electrons. The highest BCUT2D eigenvalue weighted by atomic mass is 16.6. The molecule has 0 aliphatic carbocycles. The molecule has 1 unspecified atom stereocenters. The van der Waals surface area contributed by atoms with Gasteiger partial charge in [0.1, 0.15) is 5.69 Å². The number of hydrogen-bond donors (Lipinski definition) is 2. The molecule has 6 heteroatoms. The molecule has 0 amide bonds. The third-order valence-corrected chi connectivity index (χ3v) is 1.85. The third kappa shape index (κ3) is 2.04. The van der Waals surface area contributed by atoms with Gasteiger partial charge < -0.3 is 10.8 Å². The monoisotopic (exact) mass is 197 g/mol. The van der Waals surface area contributed by atoms with Crippen LogP contribution in [0.4, 0.5) is 5.69 Å². The number of nitrogens with two attached hydrogens (primary N) is 1. The molecular weight excluding hydrogens is 186 g/mol. The molecule has 1 aromatic heterocycles. The summed E-state index contributed by atoms with van der Waals surface area (Å²) in [5.74, 6) is 0. The normalized spacial score (nSPS) is 12.5. The van der Waals surface area contributed by atoms with Crippen LogP contribution in [0.15, 0.2) is 12.1 Å². The first-order valence-corrected chi connectivity index (χ1v) is 4.04. The zero-order valence-electron chi connectivity index (χ0n) is 7.67. The predicted molar refractivity (Wildman–Crippen MR) is 49.6 cm³/mol. The summed E-state index contributed by atoms with van der Waals surface area (Å²) in [6, 6.07) is 2.20. The van der Waals surface area contributed by atoms with Crippen molar-refractivity contribution in [2.75, 3.05) is 6.61 Å². The molecule has 3 N–H and O–H groups in total. The molecule has 0 bridgehead atoms. The van der Waals surface area contributed by atoms with E-state index in [-0.39, 0.29) is 12.3 Å². The summed E-state index contributed by atoms with van der Waals surface area (Å²) in [5.41, 5.74) is 6.22. The summed E-state index contributed by atoms with van der Waals surface area (Å²) in [7, 11) is 0. The van der Waals surface area contributed by atoms with E-state index in [1.54, 1.807) is 0 Å². The molecular formula is C8H11N3O3. The van der Waals surface area contributed by atoms with Crippen LogP contribution in [0.25, 0.3) is 0 Å². The van der Waals surface area contributed by atoms with Crippen LogP contribution in [0, 0.1) is 17.0 Å². The van der Waals surface area contributed by atoms with E-state index >= 15 is 0 Å². The molecule has 0 saturated heterocycles. The van der Waals surface area contributed by atoms with Gasteiger partial charge in [-0.3, -0.25) is 10.1 Å². The summed E-state index contributed by atoms with van der Waals surface area (Å²) in [6.07, 6.45) is 0. The fourth-order valence-electron chi connectivity index (χ4n) is 1.07. The zero-order chi connectivity index (χ0) is 10.7. The quantitative estimate of drug-likeness (QED) is 0.535. The second-order valence-corrected chi connectivity index (χ2v) is 2.89. The van der Waals surface area contributed by atoms with Gasteiger partial charge in [0.2, 0.25) is 0 Å². The molecule has 0 saturated carbocycles. The topological polar surface area (TPSA) is 102 Å². The van der Waals surface area contributed by atoms with Crippen molar-refractivity contribution in [2.45, 2.75) is 13.0 Å².